The number of carbonyl (C=O) groups is 1. The van der Waals surface area contributed by atoms with Gasteiger partial charge >= 0.3 is 0 Å². The summed E-state index contributed by atoms with van der Waals surface area (Å²) in [5, 5.41) is 3.95. The van der Waals surface area contributed by atoms with E-state index >= 15 is 0 Å². The Morgan fingerprint density at radius 2 is 1.74 bits per heavy atom. The zero-order valence-electron chi connectivity index (χ0n) is 15.2. The Balaban J connectivity index is 1.47. The lowest BCUT2D eigenvalue weighted by Gasteiger charge is -2.27. The van der Waals surface area contributed by atoms with Gasteiger partial charge in [0, 0.05) is 37.8 Å². The van der Waals surface area contributed by atoms with Crippen LogP contribution in [0.1, 0.15) is 21.5 Å². The fourth-order valence-corrected chi connectivity index (χ4v) is 3.45. The number of aromatic nitrogens is 1. The second-order valence-corrected chi connectivity index (χ2v) is 6.72. The fourth-order valence-electron chi connectivity index (χ4n) is 3.45. The number of benzene rings is 2. The van der Waals surface area contributed by atoms with Crippen molar-refractivity contribution in [1.82, 2.24) is 15.2 Å². The van der Waals surface area contributed by atoms with E-state index < -0.39 is 0 Å². The average molecular weight is 361 g/mol. The van der Waals surface area contributed by atoms with Gasteiger partial charge in [-0.1, -0.05) is 42.5 Å². The second-order valence-electron chi connectivity index (χ2n) is 6.72. The van der Waals surface area contributed by atoms with Crippen LogP contribution < -0.4 is 5.32 Å². The number of morpholine rings is 1. The van der Waals surface area contributed by atoms with Crippen LogP contribution in [0.2, 0.25) is 0 Å². The third kappa shape index (κ3) is 4.15. The lowest BCUT2D eigenvalue weighted by atomic mass is 10.1. The van der Waals surface area contributed by atoms with E-state index in [1.165, 1.54) is 5.56 Å². The zero-order chi connectivity index (χ0) is 18.5. The Kier molecular flexibility index (Phi) is 5.42. The molecule has 2 aromatic carbocycles. The minimum atomic E-state index is -0.0743. The molecule has 0 atom stereocenters. The minimum Gasteiger partial charge on any atom is -0.379 e. The van der Waals surface area contributed by atoms with Gasteiger partial charge in [0.15, 0.2) is 0 Å². The second kappa shape index (κ2) is 8.29. The minimum absolute atomic E-state index is 0.0743. The number of fused-ring (bicyclic) bond motifs is 1. The Labute approximate surface area is 159 Å². The van der Waals surface area contributed by atoms with Gasteiger partial charge in [-0.3, -0.25) is 14.7 Å². The highest BCUT2D eigenvalue weighted by molar-refractivity contribution is 6.05. The predicted molar refractivity (Wildman–Crippen MR) is 105 cm³/mol. The molecule has 2 heterocycles. The highest BCUT2D eigenvalue weighted by atomic mass is 16.5. The van der Waals surface area contributed by atoms with Crippen LogP contribution >= 0.6 is 0 Å². The van der Waals surface area contributed by atoms with Gasteiger partial charge in [-0.25, -0.2) is 0 Å². The molecule has 1 aromatic heterocycles. The van der Waals surface area contributed by atoms with Crippen LogP contribution in [0, 0.1) is 0 Å². The number of rotatable bonds is 5. The van der Waals surface area contributed by atoms with Crippen molar-refractivity contribution >= 4 is 16.8 Å². The molecule has 138 valence electrons. The number of hydrogen-bond acceptors (Lipinski definition) is 4. The smallest absolute Gasteiger partial charge is 0.252 e. The van der Waals surface area contributed by atoms with Crippen LogP contribution in [-0.4, -0.2) is 42.1 Å². The Morgan fingerprint density at radius 1 is 1.00 bits per heavy atom. The lowest BCUT2D eigenvalue weighted by Crippen LogP contribution is -2.36. The van der Waals surface area contributed by atoms with Crippen molar-refractivity contribution in [3.8, 4) is 0 Å². The van der Waals surface area contributed by atoms with Gasteiger partial charge < -0.3 is 10.1 Å². The van der Waals surface area contributed by atoms with E-state index in [9.17, 15) is 4.79 Å². The molecule has 1 N–H and O–H groups in total. The Morgan fingerprint density at radius 3 is 2.59 bits per heavy atom. The topological polar surface area (TPSA) is 54.5 Å². The van der Waals surface area contributed by atoms with Crippen LogP contribution in [0.15, 0.2) is 60.8 Å². The van der Waals surface area contributed by atoms with Crippen LogP contribution in [0.4, 0.5) is 0 Å². The molecule has 0 aliphatic carbocycles. The number of hydrogen-bond donors (Lipinski definition) is 1. The standard InChI is InChI=1S/C22H23N3O2/c26-22(20-9-10-23-21-8-4-3-7-19(20)21)24-15-17-5-1-2-6-18(17)16-25-11-13-27-14-12-25/h1-10H,11-16H2,(H,24,26). The average Bonchev–Trinajstić information content (AvgIpc) is 2.73. The molecule has 27 heavy (non-hydrogen) atoms. The van der Waals surface area contributed by atoms with Gasteiger partial charge in [0.25, 0.3) is 5.91 Å². The first-order valence-corrected chi connectivity index (χ1v) is 9.30. The highest BCUT2D eigenvalue weighted by Gasteiger charge is 2.14. The summed E-state index contributed by atoms with van der Waals surface area (Å²) in [4.78, 5) is 19.5. The van der Waals surface area contributed by atoms with Gasteiger partial charge in [-0.05, 0) is 23.3 Å². The molecule has 1 saturated heterocycles. The fraction of sp³-hybridized carbons (Fsp3) is 0.273. The van der Waals surface area contributed by atoms with E-state index in [1.54, 1.807) is 12.3 Å². The number of para-hydroxylation sites is 1. The Bertz CT molecular complexity index is 930. The monoisotopic (exact) mass is 361 g/mol. The Hall–Kier alpha value is -2.76. The summed E-state index contributed by atoms with van der Waals surface area (Å²) >= 11 is 0. The quantitative estimate of drug-likeness (QED) is 0.759. The molecule has 1 fully saturated rings. The molecule has 0 unspecified atom stereocenters. The first-order chi connectivity index (χ1) is 13.3. The van der Waals surface area contributed by atoms with E-state index in [1.807, 2.05) is 30.3 Å². The normalized spacial score (nSPS) is 15.0. The lowest BCUT2D eigenvalue weighted by molar-refractivity contribution is 0.0340. The molecular weight excluding hydrogens is 338 g/mol. The molecule has 1 amide bonds. The first kappa shape index (κ1) is 17.6. The number of pyridine rings is 1. The van der Waals surface area contributed by atoms with E-state index in [2.05, 4.69) is 33.4 Å². The molecule has 0 saturated carbocycles. The van der Waals surface area contributed by atoms with E-state index in [0.717, 1.165) is 49.3 Å². The van der Waals surface area contributed by atoms with Gasteiger partial charge in [-0.15, -0.1) is 0 Å². The summed E-state index contributed by atoms with van der Waals surface area (Å²) < 4.78 is 5.43. The SMILES string of the molecule is O=C(NCc1ccccc1CN1CCOCC1)c1ccnc2ccccc12. The zero-order valence-corrected chi connectivity index (χ0v) is 15.2. The molecule has 5 nitrogen and oxygen atoms in total. The molecule has 5 heteroatoms. The van der Waals surface area contributed by atoms with E-state index in [0.29, 0.717) is 12.1 Å². The van der Waals surface area contributed by atoms with Gasteiger partial charge in [0.05, 0.1) is 24.3 Å². The molecule has 3 aromatic rings. The van der Waals surface area contributed by atoms with Gasteiger partial charge in [0.2, 0.25) is 0 Å². The molecule has 1 aliphatic heterocycles. The number of carbonyl (C=O) groups excluding carboxylic acids is 1. The number of nitrogens with one attached hydrogen (secondary N) is 1. The van der Waals surface area contributed by atoms with Crippen LogP contribution in [0.5, 0.6) is 0 Å². The number of nitrogens with zero attached hydrogens (tertiary/aromatic N) is 2. The van der Waals surface area contributed by atoms with Crippen molar-refractivity contribution in [2.24, 2.45) is 0 Å². The summed E-state index contributed by atoms with van der Waals surface area (Å²) in [6, 6.07) is 17.8. The summed E-state index contributed by atoms with van der Waals surface area (Å²) in [5.41, 5.74) is 3.89. The summed E-state index contributed by atoms with van der Waals surface area (Å²) in [5.74, 6) is -0.0743. The van der Waals surface area contributed by atoms with Crippen molar-refractivity contribution in [1.29, 1.82) is 0 Å². The van der Waals surface area contributed by atoms with Crippen LogP contribution in [0.3, 0.4) is 0 Å². The molecule has 0 spiro atoms. The van der Waals surface area contributed by atoms with Gasteiger partial charge in [-0.2, -0.15) is 0 Å². The van der Waals surface area contributed by atoms with Crippen molar-refractivity contribution in [2.75, 3.05) is 26.3 Å². The number of amides is 1. The molecule has 4 rings (SSSR count). The third-order valence-electron chi connectivity index (χ3n) is 4.95. The molecular formula is C22H23N3O2. The summed E-state index contributed by atoms with van der Waals surface area (Å²) in [7, 11) is 0. The summed E-state index contributed by atoms with van der Waals surface area (Å²) in [6.45, 7) is 4.86. The third-order valence-corrected chi connectivity index (χ3v) is 4.95. The molecule has 1 aliphatic rings. The van der Waals surface area contributed by atoms with Crippen LogP contribution in [0.25, 0.3) is 10.9 Å². The predicted octanol–water partition coefficient (Wildman–Crippen LogP) is 3.00. The maximum Gasteiger partial charge on any atom is 0.252 e. The maximum absolute atomic E-state index is 12.8. The molecule has 0 bridgehead atoms. The van der Waals surface area contributed by atoms with E-state index in [4.69, 9.17) is 4.74 Å². The van der Waals surface area contributed by atoms with Crippen molar-refractivity contribution in [3.05, 3.63) is 77.5 Å². The maximum atomic E-state index is 12.8. The highest BCUT2D eigenvalue weighted by Crippen LogP contribution is 2.17. The van der Waals surface area contributed by atoms with E-state index in [-0.39, 0.29) is 5.91 Å². The van der Waals surface area contributed by atoms with Crippen molar-refractivity contribution in [2.45, 2.75) is 13.1 Å². The number of ether oxygens (including phenoxy) is 1. The summed E-state index contributed by atoms with van der Waals surface area (Å²) in [6.07, 6.45) is 1.68. The van der Waals surface area contributed by atoms with Crippen LogP contribution in [-0.2, 0) is 17.8 Å². The van der Waals surface area contributed by atoms with Crippen molar-refractivity contribution in [3.63, 3.8) is 0 Å². The molecule has 0 radical (unpaired) electrons. The van der Waals surface area contributed by atoms with Gasteiger partial charge in [0.1, 0.15) is 0 Å². The van der Waals surface area contributed by atoms with Crippen molar-refractivity contribution < 1.29 is 9.53 Å². The largest absolute Gasteiger partial charge is 0.379 e. The first-order valence-electron chi connectivity index (χ1n) is 9.30.